The van der Waals surface area contributed by atoms with Crippen molar-refractivity contribution in [2.45, 2.75) is 32.5 Å². The maximum atomic E-state index is 13.5. The number of hydrogen-bond donors (Lipinski definition) is 2. The Morgan fingerprint density at radius 2 is 2.09 bits per heavy atom. The molecule has 22 heavy (non-hydrogen) atoms. The zero-order valence-electron chi connectivity index (χ0n) is 12.3. The van der Waals surface area contributed by atoms with Crippen molar-refractivity contribution in [2.24, 2.45) is 5.92 Å². The largest absolute Gasteiger partial charge is 0.368 e. The highest BCUT2D eigenvalue weighted by molar-refractivity contribution is 5.43. The summed E-state index contributed by atoms with van der Waals surface area (Å²) in [6.07, 6.45) is -0.503. The quantitative estimate of drug-likeness (QED) is 0.911. The molecule has 1 aromatic heterocycles. The fourth-order valence-corrected chi connectivity index (χ4v) is 2.82. The van der Waals surface area contributed by atoms with Gasteiger partial charge in [0.1, 0.15) is 5.82 Å². The van der Waals surface area contributed by atoms with Crippen molar-refractivity contribution >= 4 is 11.9 Å². The third-order valence-electron chi connectivity index (χ3n) is 3.86. The smallest absolute Gasteiger partial charge is 0.228 e. The molecule has 0 bridgehead atoms. The van der Waals surface area contributed by atoms with Gasteiger partial charge in [-0.3, -0.25) is 0 Å². The molecule has 116 valence electrons. The van der Waals surface area contributed by atoms with E-state index in [1.165, 1.54) is 19.1 Å². The molecule has 1 aromatic carbocycles. The Balaban J connectivity index is 1.92. The molecule has 3 N–H and O–H groups in total. The fraction of sp³-hybridized carbons (Fsp3) is 0.400. The van der Waals surface area contributed by atoms with Crippen LogP contribution in [0.15, 0.2) is 18.2 Å². The zero-order chi connectivity index (χ0) is 15.9. The molecule has 0 saturated carbocycles. The lowest BCUT2D eigenvalue weighted by atomic mass is 10.0. The number of benzene rings is 1. The maximum Gasteiger partial charge on any atom is 0.228 e. The van der Waals surface area contributed by atoms with Crippen LogP contribution in [0.5, 0.6) is 0 Å². The lowest BCUT2D eigenvalue weighted by Gasteiger charge is -2.19. The minimum Gasteiger partial charge on any atom is -0.368 e. The Kier molecular flexibility index (Phi) is 3.64. The molecular weight excluding hydrogens is 288 g/mol. The number of nitrogen functional groups attached to an aromatic ring is 1. The van der Waals surface area contributed by atoms with E-state index in [0.717, 1.165) is 17.5 Å². The van der Waals surface area contributed by atoms with Crippen LogP contribution in [0.1, 0.15) is 43.0 Å². The van der Waals surface area contributed by atoms with Gasteiger partial charge in [-0.05, 0) is 42.5 Å². The van der Waals surface area contributed by atoms with Gasteiger partial charge in [0, 0.05) is 0 Å². The van der Waals surface area contributed by atoms with Crippen molar-refractivity contribution in [1.82, 2.24) is 15.0 Å². The molecule has 2 aromatic rings. The van der Waals surface area contributed by atoms with E-state index in [-0.39, 0.29) is 35.5 Å². The number of nitrogens with one attached hydrogen (secondary N) is 1. The Bertz CT molecular complexity index is 704. The van der Waals surface area contributed by atoms with E-state index in [1.54, 1.807) is 6.07 Å². The Morgan fingerprint density at radius 1 is 1.32 bits per heavy atom. The van der Waals surface area contributed by atoms with Crippen LogP contribution in [0, 0.1) is 11.7 Å². The number of alkyl halides is 1. The van der Waals surface area contributed by atoms with Gasteiger partial charge in [-0.15, -0.1) is 0 Å². The van der Waals surface area contributed by atoms with Crippen molar-refractivity contribution in [3.63, 3.8) is 0 Å². The summed E-state index contributed by atoms with van der Waals surface area (Å²) in [4.78, 5) is 11.8. The molecule has 0 amide bonds. The van der Waals surface area contributed by atoms with Gasteiger partial charge in [-0.25, -0.2) is 8.78 Å². The van der Waals surface area contributed by atoms with Gasteiger partial charge in [0.05, 0.1) is 6.04 Å². The number of rotatable bonds is 3. The van der Waals surface area contributed by atoms with Crippen molar-refractivity contribution in [3.8, 4) is 0 Å². The summed E-state index contributed by atoms with van der Waals surface area (Å²) >= 11 is 0. The van der Waals surface area contributed by atoms with Crippen molar-refractivity contribution < 1.29 is 8.78 Å². The van der Waals surface area contributed by atoms with Crippen LogP contribution < -0.4 is 11.1 Å². The van der Waals surface area contributed by atoms with Gasteiger partial charge in [-0.1, -0.05) is 13.0 Å². The Labute approximate surface area is 127 Å². The minimum absolute atomic E-state index is 0.0138. The molecule has 0 spiro atoms. The summed E-state index contributed by atoms with van der Waals surface area (Å²) in [5, 5.41) is 3.13. The van der Waals surface area contributed by atoms with Gasteiger partial charge in [0.25, 0.3) is 0 Å². The van der Waals surface area contributed by atoms with Crippen LogP contribution in [0.25, 0.3) is 0 Å². The molecule has 5 nitrogen and oxygen atoms in total. The number of fused-ring (bicyclic) bond motifs is 1. The van der Waals surface area contributed by atoms with Gasteiger partial charge >= 0.3 is 0 Å². The van der Waals surface area contributed by atoms with Crippen molar-refractivity contribution in [1.29, 1.82) is 0 Å². The van der Waals surface area contributed by atoms with E-state index in [2.05, 4.69) is 27.2 Å². The lowest BCUT2D eigenvalue weighted by molar-refractivity contribution is 0.356. The number of hydrogen-bond acceptors (Lipinski definition) is 5. The summed E-state index contributed by atoms with van der Waals surface area (Å²) in [5.74, 6) is 0.108. The fourth-order valence-electron chi connectivity index (χ4n) is 2.82. The van der Waals surface area contributed by atoms with Crippen LogP contribution >= 0.6 is 0 Å². The van der Waals surface area contributed by atoms with Crippen molar-refractivity contribution in [2.75, 3.05) is 11.1 Å². The number of nitrogens with two attached hydrogens (primary N) is 1. The maximum absolute atomic E-state index is 13.5. The summed E-state index contributed by atoms with van der Waals surface area (Å²) < 4.78 is 26.9. The third-order valence-corrected chi connectivity index (χ3v) is 3.86. The summed E-state index contributed by atoms with van der Waals surface area (Å²) in [6, 6.07) is 4.62. The molecule has 1 aliphatic carbocycles. The van der Waals surface area contributed by atoms with Crippen LogP contribution in [0.2, 0.25) is 0 Å². The standard InChI is InChI=1S/C15H17F2N5/c1-7-5-9-3-4-10(17)6-11(9)12(7)19-15-21-13(8(2)16)20-14(18)22-15/h3-4,6-8,12H,5H2,1-2H3,(H3,18,19,20,21,22). The van der Waals surface area contributed by atoms with E-state index in [9.17, 15) is 8.78 Å². The molecule has 3 atom stereocenters. The third kappa shape index (κ3) is 2.70. The zero-order valence-corrected chi connectivity index (χ0v) is 12.3. The first-order chi connectivity index (χ1) is 10.4. The molecule has 0 saturated heterocycles. The van der Waals surface area contributed by atoms with Crippen molar-refractivity contribution in [3.05, 3.63) is 41.0 Å². The lowest BCUT2D eigenvalue weighted by Crippen LogP contribution is -2.18. The van der Waals surface area contributed by atoms with Crippen LogP contribution in [0.3, 0.4) is 0 Å². The SMILES string of the molecule is CC(F)c1nc(N)nc(NC2c3cc(F)ccc3CC2C)n1. The van der Waals surface area contributed by atoms with E-state index in [4.69, 9.17) is 5.73 Å². The van der Waals surface area contributed by atoms with E-state index in [0.29, 0.717) is 0 Å². The number of nitrogens with zero attached hydrogens (tertiary/aromatic N) is 3. The molecule has 3 rings (SSSR count). The minimum atomic E-state index is -1.34. The van der Waals surface area contributed by atoms with E-state index in [1.807, 2.05) is 0 Å². The average molecular weight is 305 g/mol. The Morgan fingerprint density at radius 3 is 2.82 bits per heavy atom. The second-order valence-electron chi connectivity index (χ2n) is 5.64. The highest BCUT2D eigenvalue weighted by atomic mass is 19.1. The second-order valence-corrected chi connectivity index (χ2v) is 5.64. The number of halogens is 2. The van der Waals surface area contributed by atoms with Crippen LogP contribution in [0.4, 0.5) is 20.7 Å². The summed E-state index contributed by atoms with van der Waals surface area (Å²) in [5.41, 5.74) is 7.56. The van der Waals surface area contributed by atoms with Gasteiger partial charge in [0.15, 0.2) is 12.0 Å². The van der Waals surface area contributed by atoms with Gasteiger partial charge in [-0.2, -0.15) is 15.0 Å². The molecule has 0 aliphatic heterocycles. The highest BCUT2D eigenvalue weighted by Gasteiger charge is 2.30. The topological polar surface area (TPSA) is 76.7 Å². The Hall–Kier alpha value is -2.31. The first-order valence-electron chi connectivity index (χ1n) is 7.14. The first-order valence-corrected chi connectivity index (χ1v) is 7.14. The monoisotopic (exact) mass is 305 g/mol. The molecule has 0 fully saturated rings. The van der Waals surface area contributed by atoms with E-state index >= 15 is 0 Å². The summed E-state index contributed by atoms with van der Waals surface area (Å²) in [7, 11) is 0. The molecule has 7 heteroatoms. The summed E-state index contributed by atoms with van der Waals surface area (Å²) in [6.45, 7) is 3.39. The van der Waals surface area contributed by atoms with Gasteiger partial charge < -0.3 is 11.1 Å². The normalized spacial score (nSPS) is 21.5. The molecule has 3 unspecified atom stereocenters. The van der Waals surface area contributed by atoms with Gasteiger partial charge in [0.2, 0.25) is 11.9 Å². The number of aromatic nitrogens is 3. The van der Waals surface area contributed by atoms with Crippen LogP contribution in [-0.2, 0) is 6.42 Å². The predicted molar refractivity (Wildman–Crippen MR) is 79.4 cm³/mol. The van der Waals surface area contributed by atoms with Crippen LogP contribution in [-0.4, -0.2) is 15.0 Å². The molecule has 0 radical (unpaired) electrons. The predicted octanol–water partition coefficient (Wildman–Crippen LogP) is 2.97. The highest BCUT2D eigenvalue weighted by Crippen LogP contribution is 2.38. The molecular formula is C15H17F2N5. The van der Waals surface area contributed by atoms with E-state index < -0.39 is 6.17 Å². The average Bonchev–Trinajstić information content (AvgIpc) is 2.74. The first kappa shape index (κ1) is 14.6. The molecule has 1 aliphatic rings. The molecule has 1 heterocycles. The second kappa shape index (κ2) is 5.47. The number of anilines is 2.